The molecule has 2 aliphatic rings. The molecule has 0 spiro atoms. The van der Waals surface area contributed by atoms with Crippen LogP contribution < -0.4 is 5.32 Å². The molecule has 0 aromatic heterocycles. The van der Waals surface area contributed by atoms with Crippen LogP contribution in [0.2, 0.25) is 0 Å². The molecule has 0 aliphatic carbocycles. The number of hydrogen-bond acceptors (Lipinski definition) is 3. The number of nitrogens with zero attached hydrogens (tertiary/aromatic N) is 1. The highest BCUT2D eigenvalue weighted by molar-refractivity contribution is 5.77. The molecule has 0 amide bonds. The van der Waals surface area contributed by atoms with Crippen LogP contribution >= 0.6 is 0 Å². The lowest BCUT2D eigenvalue weighted by atomic mass is 9.75. The maximum Gasteiger partial charge on any atom is 0.0491 e. The van der Waals surface area contributed by atoms with E-state index in [0.29, 0.717) is 6.04 Å². The van der Waals surface area contributed by atoms with Crippen molar-refractivity contribution in [3.05, 3.63) is 88.8 Å². The van der Waals surface area contributed by atoms with Crippen molar-refractivity contribution in [1.82, 2.24) is 10.2 Å². The summed E-state index contributed by atoms with van der Waals surface area (Å²) in [5, 5.41) is 10.4. The molecule has 2 heterocycles. The average molecular weight is 402 g/mol. The lowest BCUT2D eigenvalue weighted by Crippen LogP contribution is -2.45. The van der Waals surface area contributed by atoms with Gasteiger partial charge in [-0.15, -0.1) is 0 Å². The van der Waals surface area contributed by atoms with E-state index in [-0.39, 0.29) is 5.41 Å². The quantitative estimate of drug-likeness (QED) is 0.562. The first-order chi connectivity index (χ1) is 14.2. The molecular weight excluding hydrogens is 366 g/mol. The number of rotatable bonds is 6. The van der Waals surface area contributed by atoms with Crippen molar-refractivity contribution >= 4 is 11.9 Å². The summed E-state index contributed by atoms with van der Waals surface area (Å²) >= 11 is 0. The van der Waals surface area contributed by atoms with Gasteiger partial charge in [0.25, 0.3) is 0 Å². The standard InChI is InChI=1S/C27H35N3/c1-8-20-14-23-21(13-22(20)16-29-11-9-10-28)15-26(27(5,6)7)30-17-24(18(2)3)19(4)12-25(23)30/h9-14,17,26,28-29H,2,4,8,15-16H2,1,3,5-7H3/b11-9-,28-10?. The molecule has 3 heteroatoms. The van der Waals surface area contributed by atoms with Crippen LogP contribution in [-0.4, -0.2) is 17.2 Å². The summed E-state index contributed by atoms with van der Waals surface area (Å²) in [7, 11) is 0. The molecule has 1 aromatic carbocycles. The van der Waals surface area contributed by atoms with Crippen LogP contribution in [0.3, 0.4) is 0 Å². The van der Waals surface area contributed by atoms with E-state index in [4.69, 9.17) is 5.41 Å². The fourth-order valence-electron chi connectivity index (χ4n) is 4.42. The zero-order valence-corrected chi connectivity index (χ0v) is 19.1. The first-order valence-electron chi connectivity index (χ1n) is 10.8. The summed E-state index contributed by atoms with van der Waals surface area (Å²) in [5.41, 5.74) is 10.0. The average Bonchev–Trinajstić information content (AvgIpc) is 2.68. The van der Waals surface area contributed by atoms with Gasteiger partial charge in [0.1, 0.15) is 0 Å². The van der Waals surface area contributed by atoms with Crippen molar-refractivity contribution in [2.45, 2.75) is 60.0 Å². The summed E-state index contributed by atoms with van der Waals surface area (Å²) in [4.78, 5) is 2.46. The molecule has 0 radical (unpaired) electrons. The SMILES string of the molecule is C=C(C)C1=CN2C(=CC1=C)c1cc(CC)c(CN/C=C\C=N)cc1CC2C(C)(C)C. The third kappa shape index (κ3) is 4.21. The number of benzene rings is 1. The fraction of sp³-hybridized carbons (Fsp3) is 0.370. The summed E-state index contributed by atoms with van der Waals surface area (Å²) in [6, 6.07) is 5.12. The van der Waals surface area contributed by atoms with E-state index in [9.17, 15) is 0 Å². The highest BCUT2D eigenvalue weighted by atomic mass is 15.2. The number of aryl methyl sites for hydroxylation is 1. The maximum atomic E-state index is 7.13. The van der Waals surface area contributed by atoms with Gasteiger partial charge in [0, 0.05) is 36.3 Å². The van der Waals surface area contributed by atoms with Crippen molar-refractivity contribution in [2.24, 2.45) is 5.41 Å². The summed E-state index contributed by atoms with van der Waals surface area (Å²) < 4.78 is 0. The topological polar surface area (TPSA) is 39.1 Å². The molecular formula is C27H35N3. The zero-order chi connectivity index (χ0) is 22.1. The Morgan fingerprint density at radius 1 is 1.30 bits per heavy atom. The molecule has 0 saturated carbocycles. The van der Waals surface area contributed by atoms with Gasteiger partial charge in [0.15, 0.2) is 0 Å². The van der Waals surface area contributed by atoms with Gasteiger partial charge in [-0.1, -0.05) is 46.9 Å². The molecule has 158 valence electrons. The van der Waals surface area contributed by atoms with Crippen LogP contribution in [0.5, 0.6) is 0 Å². The van der Waals surface area contributed by atoms with E-state index >= 15 is 0 Å². The zero-order valence-electron chi connectivity index (χ0n) is 19.1. The van der Waals surface area contributed by atoms with Crippen LogP contribution in [0.4, 0.5) is 0 Å². The van der Waals surface area contributed by atoms with Crippen molar-refractivity contribution in [3.63, 3.8) is 0 Å². The van der Waals surface area contributed by atoms with Gasteiger partial charge in [-0.05, 0) is 83.0 Å². The number of fused-ring (bicyclic) bond motifs is 3. The van der Waals surface area contributed by atoms with Crippen LogP contribution in [0.1, 0.15) is 56.9 Å². The van der Waals surface area contributed by atoms with E-state index in [1.807, 2.05) is 6.20 Å². The van der Waals surface area contributed by atoms with Crippen molar-refractivity contribution in [1.29, 1.82) is 5.41 Å². The fourth-order valence-corrected chi connectivity index (χ4v) is 4.42. The monoisotopic (exact) mass is 401 g/mol. The maximum absolute atomic E-state index is 7.13. The van der Waals surface area contributed by atoms with E-state index in [0.717, 1.165) is 36.1 Å². The van der Waals surface area contributed by atoms with Gasteiger partial charge in [-0.3, -0.25) is 0 Å². The van der Waals surface area contributed by atoms with Crippen molar-refractivity contribution < 1.29 is 0 Å². The summed E-state index contributed by atoms with van der Waals surface area (Å²) in [5.74, 6) is 0. The molecule has 1 unspecified atom stereocenters. The van der Waals surface area contributed by atoms with Crippen molar-refractivity contribution in [3.8, 4) is 0 Å². The van der Waals surface area contributed by atoms with Crippen LogP contribution in [0.15, 0.2) is 66.6 Å². The van der Waals surface area contributed by atoms with Gasteiger partial charge < -0.3 is 15.6 Å². The minimum atomic E-state index is 0.126. The number of nitrogens with one attached hydrogen (secondary N) is 2. The molecule has 3 nitrogen and oxygen atoms in total. The summed E-state index contributed by atoms with van der Waals surface area (Å²) in [6.07, 6.45) is 11.3. The molecule has 2 N–H and O–H groups in total. The largest absolute Gasteiger partial charge is 0.387 e. The number of hydrogen-bond donors (Lipinski definition) is 2. The van der Waals surface area contributed by atoms with Crippen LogP contribution in [-0.2, 0) is 19.4 Å². The second kappa shape index (κ2) is 8.51. The lowest BCUT2D eigenvalue weighted by Gasteiger charge is -2.47. The van der Waals surface area contributed by atoms with E-state index in [1.165, 1.54) is 34.2 Å². The Bertz CT molecular complexity index is 967. The molecule has 0 fully saturated rings. The molecule has 30 heavy (non-hydrogen) atoms. The van der Waals surface area contributed by atoms with E-state index in [1.54, 1.807) is 6.08 Å². The second-order valence-corrected chi connectivity index (χ2v) is 9.41. The second-order valence-electron chi connectivity index (χ2n) is 9.41. The Morgan fingerprint density at radius 3 is 2.63 bits per heavy atom. The molecule has 3 rings (SSSR count). The molecule has 2 aliphatic heterocycles. The molecule has 0 bridgehead atoms. The third-order valence-corrected chi connectivity index (χ3v) is 6.10. The van der Waals surface area contributed by atoms with Gasteiger partial charge >= 0.3 is 0 Å². The normalized spacial score (nSPS) is 18.5. The van der Waals surface area contributed by atoms with E-state index in [2.05, 4.69) is 82.4 Å². The van der Waals surface area contributed by atoms with Crippen LogP contribution in [0, 0.1) is 10.8 Å². The third-order valence-electron chi connectivity index (χ3n) is 6.10. The Hall–Kier alpha value is -2.81. The lowest BCUT2D eigenvalue weighted by molar-refractivity contribution is 0.189. The Balaban J connectivity index is 2.10. The highest BCUT2D eigenvalue weighted by Crippen LogP contribution is 2.44. The van der Waals surface area contributed by atoms with Gasteiger partial charge in [-0.2, -0.15) is 0 Å². The minimum Gasteiger partial charge on any atom is -0.387 e. The summed E-state index contributed by atoms with van der Waals surface area (Å²) in [6.45, 7) is 20.5. The predicted molar refractivity (Wildman–Crippen MR) is 129 cm³/mol. The first-order valence-corrected chi connectivity index (χ1v) is 10.8. The molecule has 1 atom stereocenters. The number of allylic oxidation sites excluding steroid dienone is 5. The first kappa shape index (κ1) is 21.9. The van der Waals surface area contributed by atoms with Gasteiger partial charge in [-0.25, -0.2) is 0 Å². The molecule has 0 saturated heterocycles. The molecule has 1 aromatic rings. The Kier molecular flexibility index (Phi) is 6.21. The van der Waals surface area contributed by atoms with E-state index < -0.39 is 0 Å². The van der Waals surface area contributed by atoms with Crippen molar-refractivity contribution in [2.75, 3.05) is 0 Å². The van der Waals surface area contributed by atoms with Gasteiger partial charge in [0.05, 0.1) is 0 Å². The van der Waals surface area contributed by atoms with Gasteiger partial charge in [0.2, 0.25) is 0 Å². The Labute approximate surface area is 182 Å². The smallest absolute Gasteiger partial charge is 0.0491 e. The predicted octanol–water partition coefficient (Wildman–Crippen LogP) is 6.15. The van der Waals surface area contributed by atoms with Crippen LogP contribution in [0.25, 0.3) is 5.70 Å². The minimum absolute atomic E-state index is 0.126. The highest BCUT2D eigenvalue weighted by Gasteiger charge is 2.38. The Morgan fingerprint density at radius 2 is 2.03 bits per heavy atom.